The number of ether oxygens (including phenoxy) is 3. The molecule has 30 heavy (non-hydrogen) atoms. The lowest BCUT2D eigenvalue weighted by Crippen LogP contribution is -2.40. The van der Waals surface area contributed by atoms with Crippen LogP contribution in [0.5, 0.6) is 23.1 Å². The maximum Gasteiger partial charge on any atom is 0.238 e. The predicted molar refractivity (Wildman–Crippen MR) is 112 cm³/mol. The van der Waals surface area contributed by atoms with Crippen molar-refractivity contribution in [2.24, 2.45) is 5.92 Å². The van der Waals surface area contributed by atoms with Crippen molar-refractivity contribution in [3.05, 3.63) is 66.4 Å². The highest BCUT2D eigenvalue weighted by atomic mass is 16.5. The third-order valence-electron chi connectivity index (χ3n) is 5.03. The lowest BCUT2D eigenvalue weighted by atomic mass is 9.81. The molecule has 0 saturated heterocycles. The molecule has 0 bridgehead atoms. The van der Waals surface area contributed by atoms with Crippen LogP contribution in [0.3, 0.4) is 0 Å². The van der Waals surface area contributed by atoms with Crippen molar-refractivity contribution in [2.45, 2.75) is 25.9 Å². The molecule has 4 rings (SSSR count). The van der Waals surface area contributed by atoms with Crippen LogP contribution in [0.1, 0.15) is 18.4 Å². The van der Waals surface area contributed by atoms with Crippen LogP contribution in [0.2, 0.25) is 0 Å². The fraction of sp³-hybridized carbons (Fsp3) is 0.261. The standard InChI is InChI=1S/C23H23N3O4/c1-15-12-17(5-10-21(15)30-22-4-3-11-24-26-22)25-23(27)16-13-20(14-16)29-19-8-6-18(28-2)7-9-19/h3-12,16,20H,13-14H2,1-2H3,(H,25,27). The minimum absolute atomic E-state index is 0.00609. The van der Waals surface area contributed by atoms with Crippen molar-refractivity contribution in [1.29, 1.82) is 0 Å². The number of hydrogen-bond acceptors (Lipinski definition) is 6. The molecule has 0 spiro atoms. The van der Waals surface area contributed by atoms with Crippen LogP contribution in [-0.2, 0) is 4.79 Å². The zero-order chi connectivity index (χ0) is 20.9. The smallest absolute Gasteiger partial charge is 0.238 e. The monoisotopic (exact) mass is 405 g/mol. The first-order valence-electron chi connectivity index (χ1n) is 9.78. The largest absolute Gasteiger partial charge is 0.497 e. The first-order chi connectivity index (χ1) is 14.6. The summed E-state index contributed by atoms with van der Waals surface area (Å²) in [5.74, 6) is 2.63. The third-order valence-corrected chi connectivity index (χ3v) is 5.03. The zero-order valence-electron chi connectivity index (χ0n) is 16.9. The summed E-state index contributed by atoms with van der Waals surface area (Å²) in [6.07, 6.45) is 3.04. The van der Waals surface area contributed by atoms with E-state index in [2.05, 4.69) is 15.5 Å². The second-order valence-electron chi connectivity index (χ2n) is 7.22. The molecule has 0 unspecified atom stereocenters. The summed E-state index contributed by atoms with van der Waals surface area (Å²) >= 11 is 0. The minimum atomic E-state index is -0.0518. The Morgan fingerprint density at radius 2 is 1.83 bits per heavy atom. The number of rotatable bonds is 7. The maximum atomic E-state index is 12.5. The van der Waals surface area contributed by atoms with Gasteiger partial charge in [-0.2, -0.15) is 5.10 Å². The second-order valence-corrected chi connectivity index (χ2v) is 7.22. The summed E-state index contributed by atoms with van der Waals surface area (Å²) < 4.78 is 16.8. The van der Waals surface area contributed by atoms with Crippen LogP contribution in [0.15, 0.2) is 60.8 Å². The first kappa shape index (κ1) is 19.7. The van der Waals surface area contributed by atoms with Crippen molar-refractivity contribution in [3.8, 4) is 23.1 Å². The molecule has 1 amide bonds. The summed E-state index contributed by atoms with van der Waals surface area (Å²) in [5, 5.41) is 10.7. The van der Waals surface area contributed by atoms with Gasteiger partial charge in [-0.3, -0.25) is 4.79 Å². The van der Waals surface area contributed by atoms with Crippen molar-refractivity contribution in [1.82, 2.24) is 10.2 Å². The van der Waals surface area contributed by atoms with Gasteiger partial charge in [-0.05, 0) is 73.9 Å². The molecule has 7 heteroatoms. The Labute approximate surface area is 175 Å². The molecular formula is C23H23N3O4. The van der Waals surface area contributed by atoms with Gasteiger partial charge in [0.15, 0.2) is 0 Å². The number of carbonyl (C=O) groups excluding carboxylic acids is 1. The summed E-state index contributed by atoms with van der Waals surface area (Å²) in [6, 6.07) is 16.5. The highest BCUT2D eigenvalue weighted by Crippen LogP contribution is 2.33. The van der Waals surface area contributed by atoms with Crippen molar-refractivity contribution >= 4 is 11.6 Å². The Balaban J connectivity index is 1.27. The van der Waals surface area contributed by atoms with Gasteiger partial charge in [-0.15, -0.1) is 5.10 Å². The molecule has 1 N–H and O–H groups in total. The van der Waals surface area contributed by atoms with E-state index in [-0.39, 0.29) is 17.9 Å². The number of methoxy groups -OCH3 is 1. The summed E-state index contributed by atoms with van der Waals surface area (Å²) in [6.45, 7) is 1.92. The number of nitrogens with one attached hydrogen (secondary N) is 1. The summed E-state index contributed by atoms with van der Waals surface area (Å²) in [7, 11) is 1.63. The summed E-state index contributed by atoms with van der Waals surface area (Å²) in [5.41, 5.74) is 1.64. The van der Waals surface area contributed by atoms with E-state index in [1.54, 1.807) is 25.4 Å². The molecule has 1 aliphatic carbocycles. The highest BCUT2D eigenvalue weighted by Gasteiger charge is 2.36. The molecule has 1 fully saturated rings. The van der Waals surface area contributed by atoms with Gasteiger partial charge >= 0.3 is 0 Å². The Morgan fingerprint density at radius 1 is 1.07 bits per heavy atom. The van der Waals surface area contributed by atoms with E-state index in [1.165, 1.54) is 0 Å². The molecule has 0 radical (unpaired) electrons. The van der Waals surface area contributed by atoms with Gasteiger partial charge in [0.2, 0.25) is 11.8 Å². The Hall–Kier alpha value is -3.61. The van der Waals surface area contributed by atoms with Gasteiger partial charge < -0.3 is 19.5 Å². The van der Waals surface area contributed by atoms with Crippen LogP contribution in [-0.4, -0.2) is 29.3 Å². The number of carbonyl (C=O) groups is 1. The van der Waals surface area contributed by atoms with E-state index in [0.717, 1.165) is 22.7 Å². The average molecular weight is 405 g/mol. The lowest BCUT2D eigenvalue weighted by molar-refractivity contribution is -0.125. The van der Waals surface area contributed by atoms with Gasteiger partial charge in [0.25, 0.3) is 0 Å². The van der Waals surface area contributed by atoms with Crippen LogP contribution >= 0.6 is 0 Å². The zero-order valence-corrected chi connectivity index (χ0v) is 16.9. The fourth-order valence-corrected chi connectivity index (χ4v) is 3.26. The SMILES string of the molecule is COc1ccc(OC2CC(C(=O)Nc3ccc(Oc4cccnn4)c(C)c3)C2)cc1. The highest BCUT2D eigenvalue weighted by molar-refractivity contribution is 5.93. The van der Waals surface area contributed by atoms with E-state index in [4.69, 9.17) is 14.2 Å². The molecule has 1 heterocycles. The topological polar surface area (TPSA) is 82.6 Å². The van der Waals surface area contributed by atoms with Crippen molar-refractivity contribution in [3.63, 3.8) is 0 Å². The fourth-order valence-electron chi connectivity index (χ4n) is 3.26. The van der Waals surface area contributed by atoms with Crippen LogP contribution in [0.4, 0.5) is 5.69 Å². The molecule has 3 aromatic rings. The third kappa shape index (κ3) is 4.68. The quantitative estimate of drug-likeness (QED) is 0.628. The molecule has 0 atom stereocenters. The maximum absolute atomic E-state index is 12.5. The molecule has 7 nitrogen and oxygen atoms in total. The minimum Gasteiger partial charge on any atom is -0.497 e. The number of anilines is 1. The average Bonchev–Trinajstić information content (AvgIpc) is 2.73. The van der Waals surface area contributed by atoms with Crippen LogP contribution < -0.4 is 19.5 Å². The van der Waals surface area contributed by atoms with Gasteiger partial charge in [-0.25, -0.2) is 0 Å². The Kier molecular flexibility index (Phi) is 5.79. The number of benzene rings is 2. The Morgan fingerprint density at radius 3 is 2.50 bits per heavy atom. The van der Waals surface area contributed by atoms with Crippen LogP contribution in [0, 0.1) is 12.8 Å². The summed E-state index contributed by atoms with van der Waals surface area (Å²) in [4.78, 5) is 12.5. The van der Waals surface area contributed by atoms with Gasteiger partial charge in [0.05, 0.1) is 7.11 Å². The molecule has 1 aliphatic rings. The second kappa shape index (κ2) is 8.82. The number of amides is 1. The van der Waals surface area contributed by atoms with E-state index < -0.39 is 0 Å². The van der Waals surface area contributed by atoms with Gasteiger partial charge in [-0.1, -0.05) is 0 Å². The normalized spacial score (nSPS) is 17.5. The molecule has 0 aliphatic heterocycles. The first-order valence-corrected chi connectivity index (χ1v) is 9.78. The number of hydrogen-bond donors (Lipinski definition) is 1. The van der Waals surface area contributed by atoms with Crippen molar-refractivity contribution < 1.29 is 19.0 Å². The number of nitrogens with zero attached hydrogens (tertiary/aromatic N) is 2. The number of aryl methyl sites for hydroxylation is 1. The van der Waals surface area contributed by atoms with E-state index >= 15 is 0 Å². The molecule has 1 saturated carbocycles. The lowest BCUT2D eigenvalue weighted by Gasteiger charge is -2.34. The van der Waals surface area contributed by atoms with E-state index in [1.807, 2.05) is 49.4 Å². The van der Waals surface area contributed by atoms with Gasteiger partial charge in [0, 0.05) is 23.9 Å². The molecular weight excluding hydrogens is 382 g/mol. The molecule has 1 aromatic heterocycles. The van der Waals surface area contributed by atoms with Crippen molar-refractivity contribution in [2.75, 3.05) is 12.4 Å². The van der Waals surface area contributed by atoms with Gasteiger partial charge in [0.1, 0.15) is 23.4 Å². The Bertz CT molecular complexity index is 1000. The predicted octanol–water partition coefficient (Wildman–Crippen LogP) is 4.38. The van der Waals surface area contributed by atoms with Crippen LogP contribution in [0.25, 0.3) is 0 Å². The van der Waals surface area contributed by atoms with E-state index in [0.29, 0.717) is 24.5 Å². The molecule has 154 valence electrons. The molecule has 2 aromatic carbocycles. The number of aromatic nitrogens is 2. The van der Waals surface area contributed by atoms with E-state index in [9.17, 15) is 4.79 Å².